The van der Waals surface area contributed by atoms with Crippen LogP contribution in [0.15, 0.2) is 24.3 Å². The maximum atomic E-state index is 10.6. The maximum absolute atomic E-state index is 10.6. The second-order valence-electron chi connectivity index (χ2n) is 10.9. The van der Waals surface area contributed by atoms with Crippen molar-refractivity contribution in [2.45, 2.75) is 86.8 Å². The third-order valence-corrected chi connectivity index (χ3v) is 7.71. The Hall–Kier alpha value is -2.42. The SMILES string of the molecule is Cc1cc(O)c2c(O[C@@H]3O[C@H](CO[C@@H]4OC[C@@H](O[C@@H]5OC[C@@H](O)[C@H](O)[C@H]5O)[C@H](O)[C@H]4O)[C@@H](O)[C@H](O)[C@H]3O)ccc(O)c2c1. The number of aliphatic hydroxyl groups excluding tert-OH is 8. The van der Waals surface area contributed by atoms with Gasteiger partial charge in [0, 0.05) is 5.39 Å². The molecule has 2 aromatic rings. The zero-order chi connectivity index (χ0) is 31.2. The van der Waals surface area contributed by atoms with Gasteiger partial charge < -0.3 is 79.5 Å². The number of aliphatic hydroxyl groups is 8. The molecule has 16 nitrogen and oxygen atoms in total. The smallest absolute Gasteiger partial charge is 0.229 e. The first-order chi connectivity index (χ1) is 20.4. The number of ether oxygens (including phenoxy) is 6. The van der Waals surface area contributed by atoms with E-state index in [4.69, 9.17) is 28.4 Å². The Morgan fingerprint density at radius 3 is 2.14 bits per heavy atom. The Bertz CT molecular complexity index is 1260. The average molecular weight is 617 g/mol. The number of hydrogen-bond acceptors (Lipinski definition) is 16. The summed E-state index contributed by atoms with van der Waals surface area (Å²) < 4.78 is 33.0. The highest BCUT2D eigenvalue weighted by Crippen LogP contribution is 2.40. The molecule has 240 valence electrons. The van der Waals surface area contributed by atoms with E-state index in [9.17, 15) is 51.1 Å². The normalized spacial score (nSPS) is 40.4. The van der Waals surface area contributed by atoms with Gasteiger partial charge in [0.25, 0.3) is 0 Å². The lowest BCUT2D eigenvalue weighted by Crippen LogP contribution is -2.61. The van der Waals surface area contributed by atoms with Gasteiger partial charge in [0.1, 0.15) is 78.3 Å². The number of benzene rings is 2. The minimum absolute atomic E-state index is 0.00639. The van der Waals surface area contributed by atoms with Crippen molar-refractivity contribution in [2.24, 2.45) is 0 Å². The van der Waals surface area contributed by atoms with Crippen LogP contribution in [0, 0.1) is 6.92 Å². The predicted molar refractivity (Wildman–Crippen MR) is 140 cm³/mol. The van der Waals surface area contributed by atoms with E-state index in [2.05, 4.69) is 0 Å². The zero-order valence-corrected chi connectivity index (χ0v) is 22.9. The first kappa shape index (κ1) is 32.0. The van der Waals surface area contributed by atoms with E-state index in [0.717, 1.165) is 0 Å². The molecule has 5 rings (SSSR count). The molecular weight excluding hydrogens is 580 g/mol. The first-order valence-corrected chi connectivity index (χ1v) is 13.6. The maximum Gasteiger partial charge on any atom is 0.229 e. The van der Waals surface area contributed by atoms with Gasteiger partial charge in [-0.1, -0.05) is 0 Å². The van der Waals surface area contributed by atoms with Crippen LogP contribution in [0.5, 0.6) is 17.2 Å². The molecule has 0 spiro atoms. The second kappa shape index (κ2) is 12.9. The van der Waals surface area contributed by atoms with Gasteiger partial charge in [0.2, 0.25) is 6.29 Å². The summed E-state index contributed by atoms with van der Waals surface area (Å²) in [6.07, 6.45) is -20.0. The standard InChI is InChI=1S/C27H36O16/c1-9-4-10-11(28)2-3-14(17(10)12(29)5-9)41-27-24(37)21(34)19(32)15(43-27)7-39-25-23(36)20(33)16(8-40-25)42-26-22(35)18(31)13(30)6-38-26/h2-5,13,15-16,18-37H,6-8H2,1H3/t13-,15-,16-,18+,19-,20+,21+,22-,23-,24-,25-,26+,27-/m1/s1. The highest BCUT2D eigenvalue weighted by Gasteiger charge is 2.48. The third kappa shape index (κ3) is 6.38. The van der Waals surface area contributed by atoms with Crippen LogP contribution in [0.3, 0.4) is 0 Å². The van der Waals surface area contributed by atoms with Crippen LogP contribution in [0.25, 0.3) is 10.8 Å². The monoisotopic (exact) mass is 616 g/mol. The molecule has 0 amide bonds. The van der Waals surface area contributed by atoms with Crippen molar-refractivity contribution in [3.63, 3.8) is 0 Å². The van der Waals surface area contributed by atoms with E-state index in [1.165, 1.54) is 18.2 Å². The van der Waals surface area contributed by atoms with Crippen molar-refractivity contribution in [3.05, 3.63) is 29.8 Å². The molecule has 3 aliphatic rings. The van der Waals surface area contributed by atoms with Gasteiger partial charge in [0.15, 0.2) is 12.6 Å². The van der Waals surface area contributed by atoms with Crippen molar-refractivity contribution in [2.75, 3.05) is 19.8 Å². The molecule has 3 saturated heterocycles. The minimum Gasteiger partial charge on any atom is -0.507 e. The first-order valence-electron chi connectivity index (χ1n) is 13.6. The molecule has 3 heterocycles. The summed E-state index contributed by atoms with van der Waals surface area (Å²) in [5.74, 6) is -0.339. The van der Waals surface area contributed by atoms with E-state index in [1.807, 2.05) is 0 Å². The molecule has 0 aromatic heterocycles. The lowest BCUT2D eigenvalue weighted by Gasteiger charge is -2.43. The molecule has 43 heavy (non-hydrogen) atoms. The van der Waals surface area contributed by atoms with E-state index in [-0.39, 0.29) is 41.2 Å². The van der Waals surface area contributed by atoms with Crippen molar-refractivity contribution in [1.82, 2.24) is 0 Å². The van der Waals surface area contributed by atoms with Gasteiger partial charge >= 0.3 is 0 Å². The summed E-state index contributed by atoms with van der Waals surface area (Å²) >= 11 is 0. The van der Waals surface area contributed by atoms with E-state index >= 15 is 0 Å². The van der Waals surface area contributed by atoms with E-state index in [1.54, 1.807) is 13.0 Å². The largest absolute Gasteiger partial charge is 0.507 e. The number of hydrogen-bond donors (Lipinski definition) is 10. The van der Waals surface area contributed by atoms with Crippen LogP contribution < -0.4 is 4.74 Å². The van der Waals surface area contributed by atoms with Crippen LogP contribution in [-0.4, -0.2) is 151 Å². The second-order valence-corrected chi connectivity index (χ2v) is 10.9. The predicted octanol–water partition coefficient (Wildman–Crippen LogP) is -3.34. The highest BCUT2D eigenvalue weighted by atomic mass is 16.7. The molecule has 0 radical (unpaired) electrons. The third-order valence-electron chi connectivity index (χ3n) is 7.71. The Balaban J connectivity index is 1.22. The number of fused-ring (bicyclic) bond motifs is 1. The average Bonchev–Trinajstić information content (AvgIpc) is 2.97. The quantitative estimate of drug-likeness (QED) is 0.146. The zero-order valence-electron chi connectivity index (χ0n) is 22.9. The lowest BCUT2D eigenvalue weighted by atomic mass is 9.99. The summed E-state index contributed by atoms with van der Waals surface area (Å²) in [6, 6.07) is 5.70. The van der Waals surface area contributed by atoms with Gasteiger partial charge in [-0.25, -0.2) is 0 Å². The molecule has 3 aliphatic heterocycles. The fourth-order valence-corrected chi connectivity index (χ4v) is 5.23. The summed E-state index contributed by atoms with van der Waals surface area (Å²) in [7, 11) is 0. The molecule has 3 fully saturated rings. The van der Waals surface area contributed by atoms with Gasteiger partial charge in [0.05, 0.1) is 25.2 Å². The van der Waals surface area contributed by atoms with Crippen molar-refractivity contribution >= 4 is 10.8 Å². The molecule has 0 bridgehead atoms. The van der Waals surface area contributed by atoms with Gasteiger partial charge in [-0.3, -0.25) is 0 Å². The van der Waals surface area contributed by atoms with Crippen molar-refractivity contribution < 1.29 is 79.5 Å². The Morgan fingerprint density at radius 1 is 0.721 bits per heavy atom. The molecule has 0 saturated carbocycles. The summed E-state index contributed by atoms with van der Waals surface area (Å²) in [5.41, 5.74) is 0.663. The highest BCUT2D eigenvalue weighted by molar-refractivity contribution is 5.98. The minimum atomic E-state index is -1.76. The van der Waals surface area contributed by atoms with Gasteiger partial charge in [-0.2, -0.15) is 0 Å². The van der Waals surface area contributed by atoms with Crippen LogP contribution in [0.2, 0.25) is 0 Å². The summed E-state index contributed by atoms with van der Waals surface area (Å²) in [4.78, 5) is 0. The molecular formula is C27H36O16. The van der Waals surface area contributed by atoms with Crippen LogP contribution in [0.4, 0.5) is 0 Å². The Morgan fingerprint density at radius 2 is 1.40 bits per heavy atom. The number of phenolic OH excluding ortho intramolecular Hbond substituents is 2. The summed E-state index contributed by atoms with van der Waals surface area (Å²) in [6.45, 7) is 0.514. The van der Waals surface area contributed by atoms with E-state index in [0.29, 0.717) is 5.56 Å². The van der Waals surface area contributed by atoms with Crippen LogP contribution >= 0.6 is 0 Å². The molecule has 0 unspecified atom stereocenters. The lowest BCUT2D eigenvalue weighted by molar-refractivity contribution is -0.335. The van der Waals surface area contributed by atoms with Crippen LogP contribution in [0.1, 0.15) is 5.56 Å². The van der Waals surface area contributed by atoms with Crippen molar-refractivity contribution in [1.29, 1.82) is 0 Å². The fourth-order valence-electron chi connectivity index (χ4n) is 5.23. The molecule has 13 atom stereocenters. The van der Waals surface area contributed by atoms with E-state index < -0.39 is 86.5 Å². The topological polar surface area (TPSA) is 258 Å². The van der Waals surface area contributed by atoms with Gasteiger partial charge in [-0.15, -0.1) is 0 Å². The summed E-state index contributed by atoms with van der Waals surface area (Å²) in [5, 5.41) is 103. The van der Waals surface area contributed by atoms with Gasteiger partial charge in [-0.05, 0) is 36.8 Å². The number of aryl methyl sites for hydroxylation is 1. The number of aromatic hydroxyl groups is 2. The Kier molecular flexibility index (Phi) is 9.60. The molecule has 2 aromatic carbocycles. The number of rotatable bonds is 7. The molecule has 10 N–H and O–H groups in total. The fraction of sp³-hybridized carbons (Fsp3) is 0.630. The molecule has 0 aliphatic carbocycles. The number of phenols is 2. The molecule has 16 heteroatoms. The van der Waals surface area contributed by atoms with Crippen LogP contribution in [-0.2, 0) is 23.7 Å². The van der Waals surface area contributed by atoms with Crippen molar-refractivity contribution in [3.8, 4) is 17.2 Å². The Labute approximate surface area is 244 Å².